The van der Waals surface area contributed by atoms with E-state index >= 15 is 0 Å². The summed E-state index contributed by atoms with van der Waals surface area (Å²) >= 11 is 0. The molecule has 2 aliphatic rings. The van der Waals surface area contributed by atoms with Gasteiger partial charge in [0, 0.05) is 6.04 Å². The molecule has 2 rings (SSSR count). The molecule has 2 amide bonds. The summed E-state index contributed by atoms with van der Waals surface area (Å²) in [5.74, 6) is 0.140. The molecule has 0 aromatic heterocycles. The number of carbonyl (C=O) groups is 2. The normalized spacial score (nSPS) is 30.8. The van der Waals surface area contributed by atoms with Gasteiger partial charge in [-0.1, -0.05) is 26.2 Å². The highest BCUT2D eigenvalue weighted by atomic mass is 16.2. The van der Waals surface area contributed by atoms with E-state index in [0.717, 1.165) is 25.7 Å². The van der Waals surface area contributed by atoms with Gasteiger partial charge in [-0.3, -0.25) is 9.59 Å². The maximum atomic E-state index is 12.4. The SMILES string of the molecule is CCCC1NC(=O)C(C)N(C2CCCC2)C1=O. The Morgan fingerprint density at radius 1 is 1.29 bits per heavy atom. The van der Waals surface area contributed by atoms with E-state index < -0.39 is 0 Å². The smallest absolute Gasteiger partial charge is 0.246 e. The first-order valence-electron chi connectivity index (χ1n) is 6.77. The second-order valence-corrected chi connectivity index (χ2v) is 5.21. The molecule has 4 heteroatoms. The fourth-order valence-corrected chi connectivity index (χ4v) is 3.01. The van der Waals surface area contributed by atoms with Crippen molar-refractivity contribution in [2.75, 3.05) is 0 Å². The number of amides is 2. The van der Waals surface area contributed by atoms with Crippen LogP contribution in [-0.2, 0) is 9.59 Å². The van der Waals surface area contributed by atoms with Crippen molar-refractivity contribution in [2.24, 2.45) is 0 Å². The number of hydrogen-bond donors (Lipinski definition) is 1. The summed E-state index contributed by atoms with van der Waals surface area (Å²) in [7, 11) is 0. The molecule has 0 bridgehead atoms. The van der Waals surface area contributed by atoms with E-state index in [1.165, 1.54) is 12.8 Å². The van der Waals surface area contributed by atoms with Crippen LogP contribution in [0.15, 0.2) is 0 Å². The number of piperazine rings is 1. The lowest BCUT2D eigenvalue weighted by Gasteiger charge is -2.41. The molecule has 1 saturated heterocycles. The Morgan fingerprint density at radius 2 is 1.94 bits per heavy atom. The molecule has 1 aliphatic heterocycles. The van der Waals surface area contributed by atoms with Gasteiger partial charge in [-0.05, 0) is 26.2 Å². The van der Waals surface area contributed by atoms with Crippen LogP contribution in [0.4, 0.5) is 0 Å². The van der Waals surface area contributed by atoms with Gasteiger partial charge in [-0.15, -0.1) is 0 Å². The van der Waals surface area contributed by atoms with Gasteiger partial charge >= 0.3 is 0 Å². The van der Waals surface area contributed by atoms with Crippen molar-refractivity contribution >= 4 is 11.8 Å². The zero-order chi connectivity index (χ0) is 12.4. The molecule has 0 radical (unpaired) electrons. The molecule has 1 aliphatic carbocycles. The maximum absolute atomic E-state index is 12.4. The van der Waals surface area contributed by atoms with Crippen LogP contribution in [0.2, 0.25) is 0 Å². The monoisotopic (exact) mass is 238 g/mol. The molecule has 1 heterocycles. The van der Waals surface area contributed by atoms with E-state index in [1.807, 2.05) is 18.7 Å². The van der Waals surface area contributed by atoms with Crippen molar-refractivity contribution < 1.29 is 9.59 Å². The molecule has 17 heavy (non-hydrogen) atoms. The zero-order valence-corrected chi connectivity index (χ0v) is 10.7. The summed E-state index contributed by atoms with van der Waals surface area (Å²) in [6.45, 7) is 3.88. The van der Waals surface area contributed by atoms with Gasteiger partial charge in [-0.2, -0.15) is 0 Å². The second kappa shape index (κ2) is 5.07. The van der Waals surface area contributed by atoms with E-state index in [0.29, 0.717) is 6.04 Å². The quantitative estimate of drug-likeness (QED) is 0.809. The molecule has 0 aromatic carbocycles. The standard InChI is InChI=1S/C13H22N2O2/c1-3-6-11-13(17)15(9(2)12(16)14-11)10-7-4-5-8-10/h9-11H,3-8H2,1-2H3,(H,14,16). The number of rotatable bonds is 3. The van der Waals surface area contributed by atoms with Crippen LogP contribution >= 0.6 is 0 Å². The van der Waals surface area contributed by atoms with Gasteiger partial charge in [0.2, 0.25) is 11.8 Å². The lowest BCUT2D eigenvalue weighted by atomic mass is 10.0. The van der Waals surface area contributed by atoms with Gasteiger partial charge in [0.25, 0.3) is 0 Å². The molecule has 1 saturated carbocycles. The average Bonchev–Trinajstić information content (AvgIpc) is 2.80. The predicted octanol–water partition coefficient (Wildman–Crippen LogP) is 1.44. The molecule has 0 aromatic rings. The minimum Gasteiger partial charge on any atom is -0.343 e. The Balaban J connectivity index is 2.14. The van der Waals surface area contributed by atoms with Gasteiger partial charge in [0.05, 0.1) is 0 Å². The lowest BCUT2D eigenvalue weighted by molar-refractivity contribution is -0.151. The molecule has 4 nitrogen and oxygen atoms in total. The molecular formula is C13H22N2O2. The number of nitrogens with one attached hydrogen (secondary N) is 1. The first-order valence-corrected chi connectivity index (χ1v) is 6.77. The van der Waals surface area contributed by atoms with Crippen molar-refractivity contribution in [3.8, 4) is 0 Å². The Kier molecular flexibility index (Phi) is 3.69. The van der Waals surface area contributed by atoms with E-state index in [-0.39, 0.29) is 23.9 Å². The van der Waals surface area contributed by atoms with Crippen molar-refractivity contribution in [1.82, 2.24) is 10.2 Å². The Hall–Kier alpha value is -1.06. The number of carbonyl (C=O) groups excluding carboxylic acids is 2. The third kappa shape index (κ3) is 2.31. The fourth-order valence-electron chi connectivity index (χ4n) is 3.01. The summed E-state index contributed by atoms with van der Waals surface area (Å²) in [5, 5.41) is 2.84. The van der Waals surface area contributed by atoms with E-state index in [1.54, 1.807) is 0 Å². The zero-order valence-electron chi connectivity index (χ0n) is 10.7. The minimum absolute atomic E-state index is 0.00921. The highest BCUT2D eigenvalue weighted by Crippen LogP contribution is 2.27. The van der Waals surface area contributed by atoms with Gasteiger partial charge < -0.3 is 10.2 Å². The van der Waals surface area contributed by atoms with Crippen molar-refractivity contribution in [2.45, 2.75) is 70.5 Å². The molecule has 0 spiro atoms. The molecule has 2 atom stereocenters. The Bertz CT molecular complexity index is 311. The highest BCUT2D eigenvalue weighted by molar-refractivity contribution is 5.96. The van der Waals surface area contributed by atoms with Crippen LogP contribution < -0.4 is 5.32 Å². The summed E-state index contributed by atoms with van der Waals surface area (Å²) < 4.78 is 0. The van der Waals surface area contributed by atoms with Crippen LogP contribution in [0.1, 0.15) is 52.4 Å². The summed E-state index contributed by atoms with van der Waals surface area (Å²) in [4.78, 5) is 26.1. The Morgan fingerprint density at radius 3 is 2.53 bits per heavy atom. The average molecular weight is 238 g/mol. The Labute approximate surface area is 103 Å². The first kappa shape index (κ1) is 12.4. The maximum Gasteiger partial charge on any atom is 0.246 e. The van der Waals surface area contributed by atoms with E-state index in [2.05, 4.69) is 5.32 Å². The van der Waals surface area contributed by atoms with Gasteiger partial charge in [0.15, 0.2) is 0 Å². The van der Waals surface area contributed by atoms with E-state index in [4.69, 9.17) is 0 Å². The van der Waals surface area contributed by atoms with Crippen LogP contribution in [0, 0.1) is 0 Å². The van der Waals surface area contributed by atoms with Crippen LogP contribution in [-0.4, -0.2) is 34.8 Å². The molecular weight excluding hydrogens is 216 g/mol. The summed E-state index contributed by atoms with van der Waals surface area (Å²) in [6, 6.07) is -0.286. The second-order valence-electron chi connectivity index (χ2n) is 5.21. The fraction of sp³-hybridized carbons (Fsp3) is 0.846. The van der Waals surface area contributed by atoms with Gasteiger partial charge in [-0.25, -0.2) is 0 Å². The third-order valence-electron chi connectivity index (χ3n) is 3.96. The van der Waals surface area contributed by atoms with Gasteiger partial charge in [0.1, 0.15) is 12.1 Å². The van der Waals surface area contributed by atoms with Crippen molar-refractivity contribution in [3.05, 3.63) is 0 Å². The topological polar surface area (TPSA) is 49.4 Å². The van der Waals surface area contributed by atoms with Crippen molar-refractivity contribution in [1.29, 1.82) is 0 Å². The molecule has 1 N–H and O–H groups in total. The molecule has 2 fully saturated rings. The first-order chi connectivity index (χ1) is 8.15. The number of nitrogens with zero attached hydrogens (tertiary/aromatic N) is 1. The molecule has 96 valence electrons. The van der Waals surface area contributed by atoms with Crippen LogP contribution in [0.5, 0.6) is 0 Å². The summed E-state index contributed by atoms with van der Waals surface area (Å²) in [6.07, 6.45) is 6.15. The van der Waals surface area contributed by atoms with E-state index in [9.17, 15) is 9.59 Å². The third-order valence-corrected chi connectivity index (χ3v) is 3.96. The lowest BCUT2D eigenvalue weighted by Crippen LogP contribution is -2.64. The number of hydrogen-bond acceptors (Lipinski definition) is 2. The molecule has 2 unspecified atom stereocenters. The summed E-state index contributed by atoms with van der Waals surface area (Å²) in [5.41, 5.74) is 0. The minimum atomic E-state index is -0.293. The highest BCUT2D eigenvalue weighted by Gasteiger charge is 2.41. The predicted molar refractivity (Wildman–Crippen MR) is 65.4 cm³/mol. The van der Waals surface area contributed by atoms with Crippen molar-refractivity contribution in [3.63, 3.8) is 0 Å². The van der Waals surface area contributed by atoms with Crippen LogP contribution in [0.3, 0.4) is 0 Å². The van der Waals surface area contributed by atoms with Crippen LogP contribution in [0.25, 0.3) is 0 Å². The largest absolute Gasteiger partial charge is 0.343 e.